The van der Waals surface area contributed by atoms with Gasteiger partial charge in [-0.15, -0.1) is 11.3 Å². The van der Waals surface area contributed by atoms with Crippen molar-refractivity contribution in [1.82, 2.24) is 19.7 Å². The number of aromatic nitrogens is 3. The average Bonchev–Trinajstić information content (AvgIpc) is 3.12. The van der Waals surface area contributed by atoms with Crippen LogP contribution in [0.25, 0.3) is 0 Å². The summed E-state index contributed by atoms with van der Waals surface area (Å²) in [5, 5.41) is 8.00. The Morgan fingerprint density at radius 1 is 1.39 bits per heavy atom. The van der Waals surface area contributed by atoms with E-state index in [-0.39, 0.29) is 6.04 Å². The molecule has 1 fully saturated rings. The minimum atomic E-state index is 0.286. The first-order chi connectivity index (χ1) is 11.2. The lowest BCUT2D eigenvalue weighted by molar-refractivity contribution is 0.0724. The molecule has 0 radical (unpaired) electrons. The zero-order chi connectivity index (χ0) is 15.8. The van der Waals surface area contributed by atoms with Gasteiger partial charge in [-0.05, 0) is 37.7 Å². The second-order valence-electron chi connectivity index (χ2n) is 6.75. The molecule has 5 nitrogen and oxygen atoms in total. The normalized spacial score (nSPS) is 21.6. The predicted octanol–water partition coefficient (Wildman–Crippen LogP) is 2.80. The lowest BCUT2D eigenvalue weighted by atomic mass is 10.00. The van der Waals surface area contributed by atoms with Crippen LogP contribution in [0, 0.1) is 12.8 Å². The van der Waals surface area contributed by atoms with Gasteiger partial charge in [0.25, 0.3) is 0 Å². The molecule has 2 aromatic heterocycles. The standard InChI is InChI=1S/C17H24N4OS/c1-12-11-23-16(19-12)9-20-6-5-14-7-18-21(8-13-3-4-13)17(14)15(20)10-22-2/h7,11,13,15H,3-6,8-10H2,1-2H3. The van der Waals surface area contributed by atoms with Gasteiger partial charge in [0.2, 0.25) is 0 Å². The minimum absolute atomic E-state index is 0.286. The molecule has 1 unspecified atom stereocenters. The van der Waals surface area contributed by atoms with E-state index in [1.165, 1.54) is 29.1 Å². The van der Waals surface area contributed by atoms with Crippen molar-refractivity contribution in [2.75, 3.05) is 20.3 Å². The molecule has 124 valence electrons. The summed E-state index contributed by atoms with van der Waals surface area (Å²) in [7, 11) is 1.79. The fourth-order valence-electron chi connectivity index (χ4n) is 3.48. The molecule has 0 bridgehead atoms. The zero-order valence-electron chi connectivity index (χ0n) is 13.9. The van der Waals surface area contributed by atoms with Gasteiger partial charge in [-0.25, -0.2) is 4.98 Å². The highest BCUT2D eigenvalue weighted by molar-refractivity contribution is 7.09. The molecule has 1 aliphatic heterocycles. The molecule has 23 heavy (non-hydrogen) atoms. The van der Waals surface area contributed by atoms with Gasteiger partial charge in [-0.1, -0.05) is 0 Å². The van der Waals surface area contributed by atoms with Crippen molar-refractivity contribution in [3.8, 4) is 0 Å². The Morgan fingerprint density at radius 2 is 2.26 bits per heavy atom. The molecule has 3 heterocycles. The van der Waals surface area contributed by atoms with E-state index < -0.39 is 0 Å². The van der Waals surface area contributed by atoms with Gasteiger partial charge in [0.1, 0.15) is 5.01 Å². The summed E-state index contributed by atoms with van der Waals surface area (Å²) in [5.74, 6) is 0.833. The van der Waals surface area contributed by atoms with Crippen LogP contribution in [0.1, 0.15) is 40.8 Å². The van der Waals surface area contributed by atoms with Crippen molar-refractivity contribution >= 4 is 11.3 Å². The average molecular weight is 332 g/mol. The van der Waals surface area contributed by atoms with E-state index >= 15 is 0 Å². The Bertz CT molecular complexity index is 676. The number of aryl methyl sites for hydroxylation is 1. The Morgan fingerprint density at radius 3 is 2.96 bits per heavy atom. The van der Waals surface area contributed by atoms with Crippen LogP contribution in [0.2, 0.25) is 0 Å². The Kier molecular flexibility index (Phi) is 4.22. The SMILES string of the molecule is COCC1c2c(cnn2CC2CC2)CCN1Cc1nc(C)cs1. The summed E-state index contributed by atoms with van der Waals surface area (Å²) in [5.41, 5.74) is 3.89. The highest BCUT2D eigenvalue weighted by Gasteiger charge is 2.33. The molecule has 1 aliphatic carbocycles. The number of thiazole rings is 1. The third-order valence-electron chi connectivity index (χ3n) is 4.84. The van der Waals surface area contributed by atoms with Gasteiger partial charge in [-0.2, -0.15) is 5.10 Å². The molecule has 6 heteroatoms. The van der Waals surface area contributed by atoms with E-state index in [2.05, 4.69) is 38.2 Å². The summed E-state index contributed by atoms with van der Waals surface area (Å²) in [6.07, 6.45) is 5.85. The number of methoxy groups -OCH3 is 1. The van der Waals surface area contributed by atoms with Crippen LogP contribution >= 0.6 is 11.3 Å². The lowest BCUT2D eigenvalue weighted by Crippen LogP contribution is -2.38. The van der Waals surface area contributed by atoms with Crippen molar-refractivity contribution < 1.29 is 4.74 Å². The first-order valence-corrected chi connectivity index (χ1v) is 9.31. The third-order valence-corrected chi connectivity index (χ3v) is 5.79. The fraction of sp³-hybridized carbons (Fsp3) is 0.647. The second-order valence-corrected chi connectivity index (χ2v) is 7.70. The maximum absolute atomic E-state index is 5.56. The molecule has 0 spiro atoms. The summed E-state index contributed by atoms with van der Waals surface area (Å²) < 4.78 is 7.80. The molecule has 0 amide bonds. The van der Waals surface area contributed by atoms with E-state index in [4.69, 9.17) is 4.74 Å². The van der Waals surface area contributed by atoms with Crippen LogP contribution in [0.5, 0.6) is 0 Å². The molecule has 2 aromatic rings. The Balaban J connectivity index is 1.59. The fourth-order valence-corrected chi connectivity index (χ4v) is 4.27. The van der Waals surface area contributed by atoms with E-state index in [9.17, 15) is 0 Å². The maximum atomic E-state index is 5.56. The zero-order valence-corrected chi connectivity index (χ0v) is 14.7. The quantitative estimate of drug-likeness (QED) is 0.816. The largest absolute Gasteiger partial charge is 0.383 e. The van der Waals surface area contributed by atoms with Gasteiger partial charge < -0.3 is 4.74 Å². The topological polar surface area (TPSA) is 43.2 Å². The highest BCUT2D eigenvalue weighted by atomic mass is 32.1. The number of fused-ring (bicyclic) bond motifs is 1. The van der Waals surface area contributed by atoms with Crippen molar-refractivity contribution in [2.24, 2.45) is 5.92 Å². The molecule has 1 saturated carbocycles. The van der Waals surface area contributed by atoms with Crippen LogP contribution in [0.4, 0.5) is 0 Å². The first-order valence-electron chi connectivity index (χ1n) is 8.43. The monoisotopic (exact) mass is 332 g/mol. The number of rotatable bonds is 6. The number of hydrogen-bond acceptors (Lipinski definition) is 5. The molecule has 2 aliphatic rings. The maximum Gasteiger partial charge on any atom is 0.107 e. The number of nitrogens with zero attached hydrogens (tertiary/aromatic N) is 4. The number of ether oxygens (including phenoxy) is 1. The highest BCUT2D eigenvalue weighted by Crippen LogP contribution is 2.35. The lowest BCUT2D eigenvalue weighted by Gasteiger charge is -2.35. The van der Waals surface area contributed by atoms with E-state index in [0.717, 1.165) is 37.7 Å². The van der Waals surface area contributed by atoms with Crippen molar-refractivity contribution in [3.05, 3.63) is 33.5 Å². The van der Waals surface area contributed by atoms with E-state index in [1.807, 2.05) is 0 Å². The van der Waals surface area contributed by atoms with Gasteiger partial charge >= 0.3 is 0 Å². The summed E-state index contributed by atoms with van der Waals surface area (Å²) >= 11 is 1.76. The molecule has 0 aromatic carbocycles. The molecule has 1 atom stereocenters. The summed E-state index contributed by atoms with van der Waals surface area (Å²) in [6.45, 7) is 5.80. The smallest absolute Gasteiger partial charge is 0.107 e. The minimum Gasteiger partial charge on any atom is -0.383 e. The van der Waals surface area contributed by atoms with Crippen molar-refractivity contribution in [2.45, 2.75) is 45.3 Å². The predicted molar refractivity (Wildman–Crippen MR) is 90.5 cm³/mol. The Labute approximate surface area is 141 Å². The molecule has 0 N–H and O–H groups in total. The van der Waals surface area contributed by atoms with Crippen molar-refractivity contribution in [1.29, 1.82) is 0 Å². The molecular formula is C17H24N4OS. The van der Waals surface area contributed by atoms with Crippen LogP contribution < -0.4 is 0 Å². The van der Waals surface area contributed by atoms with Crippen LogP contribution in [-0.4, -0.2) is 39.9 Å². The van der Waals surface area contributed by atoms with Gasteiger partial charge in [-0.3, -0.25) is 9.58 Å². The Hall–Kier alpha value is -1.24. The van der Waals surface area contributed by atoms with Crippen LogP contribution in [-0.2, 0) is 24.2 Å². The first kappa shape index (κ1) is 15.3. The van der Waals surface area contributed by atoms with E-state index in [0.29, 0.717) is 6.61 Å². The van der Waals surface area contributed by atoms with Gasteiger partial charge in [0, 0.05) is 31.3 Å². The number of hydrogen-bond donors (Lipinski definition) is 0. The second kappa shape index (κ2) is 6.34. The van der Waals surface area contributed by atoms with Crippen LogP contribution in [0.3, 0.4) is 0 Å². The summed E-state index contributed by atoms with van der Waals surface area (Å²) in [4.78, 5) is 7.15. The molecule has 4 rings (SSSR count). The molecule has 0 saturated heterocycles. The van der Waals surface area contributed by atoms with Gasteiger partial charge in [0.05, 0.1) is 31.1 Å². The van der Waals surface area contributed by atoms with Gasteiger partial charge in [0.15, 0.2) is 0 Å². The molecular weight excluding hydrogens is 308 g/mol. The third kappa shape index (κ3) is 3.20. The van der Waals surface area contributed by atoms with Crippen LogP contribution in [0.15, 0.2) is 11.6 Å². The summed E-state index contributed by atoms with van der Waals surface area (Å²) in [6, 6.07) is 0.286. The van der Waals surface area contributed by atoms with E-state index in [1.54, 1.807) is 18.4 Å². The van der Waals surface area contributed by atoms with Crippen molar-refractivity contribution in [3.63, 3.8) is 0 Å².